The number of amides is 2. The minimum Gasteiger partial charge on any atom is -0.368 e. The predicted molar refractivity (Wildman–Crippen MR) is 130 cm³/mol. The number of hydrogen-bond donors (Lipinski definition) is 2. The first-order chi connectivity index (χ1) is 16.6. The Balaban J connectivity index is 1.33. The molecule has 1 aromatic heterocycles. The number of halogens is 1. The third-order valence-corrected chi connectivity index (χ3v) is 6.52. The van der Waals surface area contributed by atoms with Crippen molar-refractivity contribution in [2.75, 3.05) is 17.2 Å². The summed E-state index contributed by atoms with van der Waals surface area (Å²) in [5.74, 6) is 1.21. The van der Waals surface area contributed by atoms with Gasteiger partial charge in [0.1, 0.15) is 11.9 Å². The van der Waals surface area contributed by atoms with Crippen LogP contribution in [0.3, 0.4) is 0 Å². The number of ether oxygens (including phenoxy) is 1. The number of fused-ring (bicyclic) bond motifs is 1. The molecule has 3 aromatic rings. The number of hydrogen-bond acceptors (Lipinski definition) is 5. The summed E-state index contributed by atoms with van der Waals surface area (Å²) in [6.45, 7) is 1.45. The molecule has 8 nitrogen and oxygen atoms in total. The van der Waals surface area contributed by atoms with Crippen LogP contribution in [0, 0.1) is 0 Å². The fourth-order valence-electron chi connectivity index (χ4n) is 4.41. The van der Waals surface area contributed by atoms with Gasteiger partial charge >= 0.3 is 0 Å². The van der Waals surface area contributed by atoms with E-state index in [0.717, 1.165) is 49.4 Å². The van der Waals surface area contributed by atoms with Crippen LogP contribution >= 0.6 is 11.6 Å². The van der Waals surface area contributed by atoms with E-state index in [0.29, 0.717) is 35.0 Å². The topological polar surface area (TPSA) is 98.1 Å². The van der Waals surface area contributed by atoms with Gasteiger partial charge in [-0.25, -0.2) is 0 Å². The van der Waals surface area contributed by atoms with Gasteiger partial charge in [-0.3, -0.25) is 9.59 Å². The lowest BCUT2D eigenvalue weighted by atomic mass is 10.1. The van der Waals surface area contributed by atoms with E-state index in [2.05, 4.69) is 25.4 Å². The maximum atomic E-state index is 13.0. The van der Waals surface area contributed by atoms with Crippen LogP contribution < -0.4 is 10.6 Å². The molecule has 0 bridgehead atoms. The number of nitrogens with zero attached hydrogens (tertiary/aromatic N) is 3. The highest BCUT2D eigenvalue weighted by Crippen LogP contribution is 2.31. The van der Waals surface area contributed by atoms with E-state index < -0.39 is 6.10 Å². The maximum absolute atomic E-state index is 13.0. The molecule has 1 fully saturated rings. The van der Waals surface area contributed by atoms with Crippen LogP contribution in [0.5, 0.6) is 0 Å². The molecular weight excluding hydrogens is 454 g/mol. The zero-order chi connectivity index (χ0) is 23.5. The van der Waals surface area contributed by atoms with Crippen LogP contribution in [0.2, 0.25) is 5.02 Å². The normalized spacial score (nSPS) is 17.6. The highest BCUT2D eigenvalue weighted by Gasteiger charge is 2.24. The molecule has 2 aliphatic heterocycles. The summed E-state index contributed by atoms with van der Waals surface area (Å²) < 4.78 is 7.55. The fourth-order valence-corrected chi connectivity index (χ4v) is 4.61. The second-order valence-electron chi connectivity index (χ2n) is 8.62. The van der Waals surface area contributed by atoms with Crippen molar-refractivity contribution in [3.8, 4) is 11.4 Å². The molecule has 3 heterocycles. The molecule has 0 radical (unpaired) electrons. The third kappa shape index (κ3) is 4.83. The molecule has 176 valence electrons. The number of benzene rings is 2. The third-order valence-electron chi connectivity index (χ3n) is 6.19. The minimum atomic E-state index is -0.433. The Bertz CT molecular complexity index is 1220. The number of carbonyl (C=O) groups excluding carboxylic acids is 2. The highest BCUT2D eigenvalue weighted by atomic mass is 35.5. The Morgan fingerprint density at radius 1 is 1.00 bits per heavy atom. The second kappa shape index (κ2) is 9.95. The summed E-state index contributed by atoms with van der Waals surface area (Å²) in [5.41, 5.74) is 2.32. The number of aromatic nitrogens is 3. The Kier molecular flexibility index (Phi) is 6.60. The number of rotatable bonds is 5. The van der Waals surface area contributed by atoms with Crippen LogP contribution in [-0.2, 0) is 22.5 Å². The first-order valence-electron chi connectivity index (χ1n) is 11.6. The van der Waals surface area contributed by atoms with Crippen LogP contribution in [0.4, 0.5) is 11.4 Å². The van der Waals surface area contributed by atoms with Gasteiger partial charge in [0, 0.05) is 42.1 Å². The Hall–Kier alpha value is -3.23. The molecule has 2 aromatic carbocycles. The van der Waals surface area contributed by atoms with Gasteiger partial charge in [0.2, 0.25) is 0 Å². The van der Waals surface area contributed by atoms with Crippen LogP contribution in [0.1, 0.15) is 48.3 Å². The standard InChI is InChI=1S/C25H26ClN5O3/c26-20-11-10-18(15-19(20)23-30-29-22-9-2-1-3-12-31(22)23)27-24(32)16-6-4-7-17(14-16)28-25(33)21-8-5-13-34-21/h4,6-7,10-11,14-15,21H,1-3,5,8-9,12-13H2,(H,27,32)(H,28,33). The summed E-state index contributed by atoms with van der Waals surface area (Å²) in [7, 11) is 0. The van der Waals surface area contributed by atoms with Gasteiger partial charge < -0.3 is 19.9 Å². The smallest absolute Gasteiger partial charge is 0.255 e. The van der Waals surface area contributed by atoms with Gasteiger partial charge in [-0.05, 0) is 62.1 Å². The van der Waals surface area contributed by atoms with Crippen LogP contribution in [0.25, 0.3) is 11.4 Å². The van der Waals surface area contributed by atoms with Gasteiger partial charge in [0.05, 0.1) is 5.02 Å². The van der Waals surface area contributed by atoms with E-state index in [4.69, 9.17) is 16.3 Å². The molecule has 9 heteroatoms. The monoisotopic (exact) mass is 479 g/mol. The first kappa shape index (κ1) is 22.6. The number of aryl methyl sites for hydroxylation is 1. The van der Waals surface area contributed by atoms with E-state index >= 15 is 0 Å². The largest absolute Gasteiger partial charge is 0.368 e. The molecule has 0 saturated carbocycles. The average Bonchev–Trinajstić information content (AvgIpc) is 3.46. The number of anilines is 2. The summed E-state index contributed by atoms with van der Waals surface area (Å²) in [5, 5.41) is 15.1. The van der Waals surface area contributed by atoms with E-state index in [1.54, 1.807) is 36.4 Å². The van der Waals surface area contributed by atoms with Crippen LogP contribution in [-0.4, -0.2) is 39.3 Å². The molecular formula is C25H26ClN5O3. The highest BCUT2D eigenvalue weighted by molar-refractivity contribution is 6.33. The van der Waals surface area contributed by atoms with E-state index in [1.807, 2.05) is 6.07 Å². The molecule has 34 heavy (non-hydrogen) atoms. The quantitative estimate of drug-likeness (QED) is 0.553. The van der Waals surface area contributed by atoms with Crippen molar-refractivity contribution < 1.29 is 14.3 Å². The zero-order valence-electron chi connectivity index (χ0n) is 18.7. The second-order valence-corrected chi connectivity index (χ2v) is 9.03. The van der Waals surface area contributed by atoms with Gasteiger partial charge in [-0.2, -0.15) is 0 Å². The zero-order valence-corrected chi connectivity index (χ0v) is 19.5. The molecule has 1 atom stereocenters. The van der Waals surface area contributed by atoms with Gasteiger partial charge in [0.15, 0.2) is 5.82 Å². The molecule has 1 saturated heterocycles. The maximum Gasteiger partial charge on any atom is 0.255 e. The molecule has 2 aliphatic rings. The molecule has 2 amide bonds. The van der Waals surface area contributed by atoms with Crippen molar-refractivity contribution in [1.29, 1.82) is 0 Å². The Morgan fingerprint density at radius 2 is 1.88 bits per heavy atom. The van der Waals surface area contributed by atoms with E-state index in [-0.39, 0.29) is 11.8 Å². The van der Waals surface area contributed by atoms with Gasteiger partial charge in [-0.15, -0.1) is 10.2 Å². The van der Waals surface area contributed by atoms with E-state index in [1.165, 1.54) is 6.42 Å². The molecule has 0 aliphatic carbocycles. The summed E-state index contributed by atoms with van der Waals surface area (Å²) in [4.78, 5) is 25.3. The lowest BCUT2D eigenvalue weighted by Crippen LogP contribution is -2.27. The number of nitrogens with one attached hydrogen (secondary N) is 2. The molecule has 1 unspecified atom stereocenters. The number of carbonyl (C=O) groups is 2. The van der Waals surface area contributed by atoms with Crippen molar-refractivity contribution in [1.82, 2.24) is 14.8 Å². The average molecular weight is 480 g/mol. The predicted octanol–water partition coefficient (Wildman–Crippen LogP) is 4.69. The van der Waals surface area contributed by atoms with Crippen molar-refractivity contribution in [3.63, 3.8) is 0 Å². The fraction of sp³-hybridized carbons (Fsp3) is 0.360. The lowest BCUT2D eigenvalue weighted by molar-refractivity contribution is -0.124. The Labute approximate surface area is 202 Å². The minimum absolute atomic E-state index is 0.190. The molecule has 2 N–H and O–H groups in total. The van der Waals surface area contributed by atoms with Crippen LogP contribution in [0.15, 0.2) is 42.5 Å². The summed E-state index contributed by atoms with van der Waals surface area (Å²) in [6, 6.07) is 12.2. The summed E-state index contributed by atoms with van der Waals surface area (Å²) in [6.07, 6.45) is 5.40. The van der Waals surface area contributed by atoms with Gasteiger partial charge in [-0.1, -0.05) is 24.1 Å². The van der Waals surface area contributed by atoms with Gasteiger partial charge in [0.25, 0.3) is 11.8 Å². The van der Waals surface area contributed by atoms with Crippen molar-refractivity contribution in [2.45, 2.75) is 51.2 Å². The lowest BCUT2D eigenvalue weighted by Gasteiger charge is -2.13. The molecule has 5 rings (SSSR count). The van der Waals surface area contributed by atoms with E-state index in [9.17, 15) is 9.59 Å². The SMILES string of the molecule is O=C(Nc1ccc(Cl)c(-c2nnc3n2CCCCC3)c1)c1cccc(NC(=O)C2CCCO2)c1. The van der Waals surface area contributed by atoms with Crippen molar-refractivity contribution in [2.24, 2.45) is 0 Å². The Morgan fingerprint density at radius 3 is 2.74 bits per heavy atom. The molecule has 0 spiro atoms. The van der Waals surface area contributed by atoms with Crippen molar-refractivity contribution in [3.05, 3.63) is 58.9 Å². The van der Waals surface area contributed by atoms with Crippen molar-refractivity contribution >= 4 is 34.8 Å². The first-order valence-corrected chi connectivity index (χ1v) is 12.0. The summed E-state index contributed by atoms with van der Waals surface area (Å²) >= 11 is 6.50.